The van der Waals surface area contributed by atoms with Crippen molar-refractivity contribution < 1.29 is 19.3 Å². The first-order valence-corrected chi connectivity index (χ1v) is 8.12. The van der Waals surface area contributed by atoms with Crippen LogP contribution in [0.15, 0.2) is 24.3 Å². The van der Waals surface area contributed by atoms with Crippen LogP contribution in [0.4, 0.5) is 5.69 Å². The Morgan fingerprint density at radius 3 is 2.21 bits per heavy atom. The molecule has 1 aromatic rings. The Morgan fingerprint density at radius 2 is 1.58 bits per heavy atom. The molecule has 0 bridgehead atoms. The number of likely N-dealkylation sites (N-methyl/N-ethyl adjacent to an activating group) is 1. The number of nitrogens with one attached hydrogen (secondary N) is 4. The summed E-state index contributed by atoms with van der Waals surface area (Å²) in [4.78, 5) is 35.9. The minimum absolute atomic E-state index is 0.0400. The van der Waals surface area contributed by atoms with E-state index in [0.717, 1.165) is 22.6 Å². The second-order valence-corrected chi connectivity index (χ2v) is 5.85. The fourth-order valence-corrected chi connectivity index (χ4v) is 2.02. The highest BCUT2D eigenvalue weighted by Crippen LogP contribution is 2.07. The van der Waals surface area contributed by atoms with Crippen LogP contribution in [-0.4, -0.2) is 50.9 Å². The Kier molecular flexibility index (Phi) is 8.49. The predicted molar refractivity (Wildman–Crippen MR) is 92.7 cm³/mol. The first kappa shape index (κ1) is 19.6. The van der Waals surface area contributed by atoms with E-state index in [1.54, 1.807) is 7.05 Å². The van der Waals surface area contributed by atoms with Gasteiger partial charge in [-0.1, -0.05) is 24.6 Å². The van der Waals surface area contributed by atoms with Crippen LogP contribution >= 0.6 is 0 Å². The summed E-state index contributed by atoms with van der Waals surface area (Å²) in [5, 5.41) is 8.02. The topological polar surface area (TPSA) is 91.7 Å². The summed E-state index contributed by atoms with van der Waals surface area (Å²) in [7, 11) is 1.76. The fraction of sp³-hybridized carbons (Fsp3) is 0.471. The normalized spacial score (nSPS) is 11.5. The molecular weight excluding hydrogens is 308 g/mol. The third kappa shape index (κ3) is 8.28. The van der Waals surface area contributed by atoms with Crippen LogP contribution in [0.2, 0.25) is 0 Å². The smallest absolute Gasteiger partial charge is 0.279 e. The molecule has 0 saturated heterocycles. The van der Waals surface area contributed by atoms with Gasteiger partial charge in [-0.2, -0.15) is 0 Å². The Labute approximate surface area is 142 Å². The van der Waals surface area contributed by atoms with Gasteiger partial charge in [0.1, 0.15) is 0 Å². The molecule has 0 fully saturated rings. The van der Waals surface area contributed by atoms with Crippen molar-refractivity contribution in [1.29, 1.82) is 0 Å². The van der Waals surface area contributed by atoms with Gasteiger partial charge in [0.15, 0.2) is 13.1 Å². The summed E-state index contributed by atoms with van der Waals surface area (Å²) in [6.07, 6.45) is 0.850. The lowest BCUT2D eigenvalue weighted by atomic mass is 10.2. The number of anilines is 1. The molecule has 24 heavy (non-hydrogen) atoms. The Morgan fingerprint density at radius 1 is 0.958 bits per heavy atom. The van der Waals surface area contributed by atoms with Gasteiger partial charge >= 0.3 is 0 Å². The molecule has 132 valence electrons. The van der Waals surface area contributed by atoms with Gasteiger partial charge in [-0.15, -0.1) is 0 Å². The number of amides is 3. The lowest BCUT2D eigenvalue weighted by molar-refractivity contribution is -0.862. The summed E-state index contributed by atoms with van der Waals surface area (Å²) in [6, 6.07) is 7.51. The summed E-state index contributed by atoms with van der Waals surface area (Å²) in [5.41, 5.74) is 1.85. The maximum Gasteiger partial charge on any atom is 0.279 e. The molecule has 0 spiro atoms. The number of rotatable bonds is 9. The van der Waals surface area contributed by atoms with Crippen LogP contribution in [0.1, 0.15) is 18.9 Å². The van der Waals surface area contributed by atoms with Gasteiger partial charge in [0.05, 0.1) is 13.6 Å². The maximum atomic E-state index is 11.9. The largest absolute Gasteiger partial charge is 0.355 e. The van der Waals surface area contributed by atoms with Gasteiger partial charge in [-0.3, -0.25) is 14.4 Å². The van der Waals surface area contributed by atoms with Crippen molar-refractivity contribution in [2.45, 2.75) is 20.3 Å². The highest BCUT2D eigenvalue weighted by molar-refractivity contribution is 5.91. The average molecular weight is 335 g/mol. The minimum Gasteiger partial charge on any atom is -0.355 e. The van der Waals surface area contributed by atoms with Crippen molar-refractivity contribution in [2.24, 2.45) is 0 Å². The van der Waals surface area contributed by atoms with Crippen LogP contribution in [0.3, 0.4) is 0 Å². The van der Waals surface area contributed by atoms with E-state index in [0.29, 0.717) is 6.54 Å². The van der Waals surface area contributed by atoms with E-state index in [1.165, 1.54) is 0 Å². The van der Waals surface area contributed by atoms with E-state index in [1.807, 2.05) is 38.1 Å². The van der Waals surface area contributed by atoms with Gasteiger partial charge in [-0.25, -0.2) is 0 Å². The molecule has 0 aliphatic carbocycles. The molecule has 0 radical (unpaired) electrons. The second kappa shape index (κ2) is 10.4. The van der Waals surface area contributed by atoms with Crippen molar-refractivity contribution in [3.63, 3.8) is 0 Å². The van der Waals surface area contributed by atoms with Crippen LogP contribution in [0.5, 0.6) is 0 Å². The maximum absolute atomic E-state index is 11.9. The molecule has 1 atom stereocenters. The number of carbonyl (C=O) groups is 3. The van der Waals surface area contributed by atoms with Crippen LogP contribution < -0.4 is 20.9 Å². The van der Waals surface area contributed by atoms with Gasteiger partial charge in [0.2, 0.25) is 5.91 Å². The van der Waals surface area contributed by atoms with Crippen LogP contribution in [-0.2, 0) is 14.4 Å². The van der Waals surface area contributed by atoms with E-state index in [4.69, 9.17) is 0 Å². The van der Waals surface area contributed by atoms with Crippen LogP contribution in [0.25, 0.3) is 0 Å². The third-order valence-corrected chi connectivity index (χ3v) is 3.28. The van der Waals surface area contributed by atoms with E-state index >= 15 is 0 Å². The zero-order chi connectivity index (χ0) is 17.9. The summed E-state index contributed by atoms with van der Waals surface area (Å²) in [5.74, 6) is -0.632. The second-order valence-electron chi connectivity index (χ2n) is 5.85. The predicted octanol–water partition coefficient (Wildman–Crippen LogP) is -0.909. The van der Waals surface area contributed by atoms with E-state index in [-0.39, 0.29) is 37.4 Å². The van der Waals surface area contributed by atoms with Crippen molar-refractivity contribution in [3.05, 3.63) is 29.8 Å². The molecule has 0 aromatic heterocycles. The van der Waals surface area contributed by atoms with E-state index in [2.05, 4.69) is 16.0 Å². The molecule has 0 aliphatic rings. The zero-order valence-electron chi connectivity index (χ0n) is 14.6. The molecular formula is C17H27N4O3+. The summed E-state index contributed by atoms with van der Waals surface area (Å²) < 4.78 is 0. The monoisotopic (exact) mass is 335 g/mol. The number of aryl methyl sites for hydroxylation is 1. The fourth-order valence-electron chi connectivity index (χ4n) is 2.02. The molecule has 7 nitrogen and oxygen atoms in total. The molecule has 0 saturated carbocycles. The highest BCUT2D eigenvalue weighted by Gasteiger charge is 2.14. The lowest BCUT2D eigenvalue weighted by Gasteiger charge is -2.14. The molecule has 4 N–H and O–H groups in total. The molecule has 1 aromatic carbocycles. The van der Waals surface area contributed by atoms with Crippen molar-refractivity contribution in [1.82, 2.24) is 10.6 Å². The molecule has 1 unspecified atom stereocenters. The first-order chi connectivity index (χ1) is 11.4. The summed E-state index contributed by atoms with van der Waals surface area (Å²) in [6.45, 7) is 4.79. The average Bonchev–Trinajstić information content (AvgIpc) is 2.52. The standard InChI is InChI=1S/C17H26N4O3/c1-4-9-18-15(22)10-19-16(23)11-21(3)12-17(24)20-14-7-5-13(2)6-8-14/h5-8H,4,9-12H2,1-3H3,(H,18,22)(H,19,23)(H,20,24)/p+1. The first-order valence-electron chi connectivity index (χ1n) is 8.12. The third-order valence-electron chi connectivity index (χ3n) is 3.28. The van der Waals surface area contributed by atoms with Crippen molar-refractivity contribution in [3.8, 4) is 0 Å². The molecule has 0 heterocycles. The van der Waals surface area contributed by atoms with Gasteiger partial charge in [0.25, 0.3) is 11.8 Å². The Hall–Kier alpha value is -2.41. The SMILES string of the molecule is CCCNC(=O)CNC(=O)C[NH+](C)CC(=O)Nc1ccc(C)cc1. The van der Waals surface area contributed by atoms with E-state index < -0.39 is 0 Å². The van der Waals surface area contributed by atoms with Gasteiger partial charge < -0.3 is 20.9 Å². The molecule has 7 heteroatoms. The Bertz CT molecular complexity index is 557. The quantitative estimate of drug-likeness (QED) is 0.471. The highest BCUT2D eigenvalue weighted by atomic mass is 16.2. The number of hydrogen-bond acceptors (Lipinski definition) is 3. The Balaban J connectivity index is 2.27. The number of carbonyl (C=O) groups excluding carboxylic acids is 3. The molecule has 3 amide bonds. The molecule has 0 aliphatic heterocycles. The van der Waals surface area contributed by atoms with Crippen LogP contribution in [0, 0.1) is 6.92 Å². The summed E-state index contributed by atoms with van der Waals surface area (Å²) >= 11 is 0. The minimum atomic E-state index is -0.262. The van der Waals surface area contributed by atoms with Crippen molar-refractivity contribution >= 4 is 23.4 Å². The van der Waals surface area contributed by atoms with E-state index in [9.17, 15) is 14.4 Å². The van der Waals surface area contributed by atoms with Crippen molar-refractivity contribution in [2.75, 3.05) is 38.5 Å². The number of hydrogen-bond donors (Lipinski definition) is 4. The number of quaternary nitrogens is 1. The van der Waals surface area contributed by atoms with Gasteiger partial charge in [0, 0.05) is 12.2 Å². The number of benzene rings is 1. The zero-order valence-corrected chi connectivity index (χ0v) is 14.6. The lowest BCUT2D eigenvalue weighted by Crippen LogP contribution is -3.11. The molecule has 1 rings (SSSR count). The van der Waals surface area contributed by atoms with Gasteiger partial charge in [-0.05, 0) is 25.5 Å².